The molecule has 0 fully saturated rings. The first kappa shape index (κ1) is 11.8. The fourth-order valence-electron chi connectivity index (χ4n) is 1.65. The van der Waals surface area contributed by atoms with Crippen LogP contribution in [0.4, 0.5) is 0 Å². The minimum atomic E-state index is -0.289. The summed E-state index contributed by atoms with van der Waals surface area (Å²) in [6, 6.07) is 7.72. The monoisotopic (exact) mass is 228 g/mol. The van der Waals surface area contributed by atoms with E-state index in [9.17, 15) is 0 Å². The van der Waals surface area contributed by atoms with Crippen molar-refractivity contribution in [2.24, 2.45) is 0 Å². The third-order valence-corrected chi connectivity index (χ3v) is 2.58. The summed E-state index contributed by atoms with van der Waals surface area (Å²) in [5.74, 6) is 3.55. The van der Waals surface area contributed by atoms with Crippen molar-refractivity contribution in [3.8, 4) is 11.5 Å². The maximum atomic E-state index is 5.59. The van der Waals surface area contributed by atoms with Crippen molar-refractivity contribution in [3.05, 3.63) is 48.5 Å². The van der Waals surface area contributed by atoms with Gasteiger partial charge in [-0.2, -0.15) is 0 Å². The molecule has 17 heavy (non-hydrogen) atoms. The Hall–Kier alpha value is -1.64. The first-order valence-electron chi connectivity index (χ1n) is 6.16. The van der Waals surface area contributed by atoms with E-state index >= 15 is 0 Å². The number of para-hydroxylation sites is 2. The van der Waals surface area contributed by atoms with Crippen molar-refractivity contribution in [2.45, 2.75) is 26.2 Å². The molecule has 88 valence electrons. The molecule has 1 aromatic carbocycles. The van der Waals surface area contributed by atoms with Crippen molar-refractivity contribution < 1.29 is 9.31 Å². The predicted molar refractivity (Wildman–Crippen MR) is 71.3 cm³/mol. The number of allylic oxidation sites excluding steroid dienone is 3. The summed E-state index contributed by atoms with van der Waals surface area (Å²) >= 11 is 0. The summed E-state index contributed by atoms with van der Waals surface area (Å²) in [7, 11) is -0.289. The average molecular weight is 228 g/mol. The largest absolute Gasteiger partial charge is 0.625 e. The van der Waals surface area contributed by atoms with E-state index in [-0.39, 0.29) is 7.12 Å². The number of fused-ring (bicyclic) bond motifs is 1. The standard InChI is InChI=1S/C14H17BO2/c1-2-3-4-5-6-9-12-15-16-13-10-7-8-11-14(13)17-15/h5-12H,2-4H2,1H3/b6-5+,12-9+. The molecule has 0 aliphatic carbocycles. The molecule has 1 aromatic rings. The zero-order chi connectivity index (χ0) is 11.9. The van der Waals surface area contributed by atoms with E-state index in [0.29, 0.717) is 0 Å². The molecule has 0 radical (unpaired) electrons. The van der Waals surface area contributed by atoms with Crippen LogP contribution in [0.25, 0.3) is 0 Å². The molecule has 0 aromatic heterocycles. The van der Waals surface area contributed by atoms with Gasteiger partial charge < -0.3 is 9.31 Å². The number of hydrogen-bond donors (Lipinski definition) is 0. The van der Waals surface area contributed by atoms with Crippen molar-refractivity contribution in [1.29, 1.82) is 0 Å². The van der Waals surface area contributed by atoms with Gasteiger partial charge in [0.2, 0.25) is 0 Å². The van der Waals surface area contributed by atoms with Gasteiger partial charge in [-0.1, -0.05) is 50.1 Å². The number of rotatable bonds is 5. The van der Waals surface area contributed by atoms with Crippen molar-refractivity contribution in [3.63, 3.8) is 0 Å². The topological polar surface area (TPSA) is 18.5 Å². The molecule has 0 unspecified atom stereocenters. The van der Waals surface area contributed by atoms with E-state index in [1.807, 2.05) is 42.4 Å². The van der Waals surface area contributed by atoms with Gasteiger partial charge in [0.1, 0.15) is 11.5 Å². The maximum Gasteiger partial charge on any atom is 0.625 e. The Labute approximate surface area is 103 Å². The number of benzene rings is 1. The van der Waals surface area contributed by atoms with Crippen LogP contribution in [-0.2, 0) is 0 Å². The Morgan fingerprint density at radius 3 is 2.47 bits per heavy atom. The highest BCUT2D eigenvalue weighted by Crippen LogP contribution is 2.32. The zero-order valence-electron chi connectivity index (χ0n) is 10.1. The van der Waals surface area contributed by atoms with Crippen LogP contribution in [0.5, 0.6) is 11.5 Å². The van der Waals surface area contributed by atoms with Gasteiger partial charge in [-0.25, -0.2) is 0 Å². The summed E-state index contributed by atoms with van der Waals surface area (Å²) in [5.41, 5.74) is 0. The lowest BCUT2D eigenvalue weighted by Crippen LogP contribution is -2.21. The van der Waals surface area contributed by atoms with Crippen LogP contribution in [0, 0.1) is 0 Å². The molecule has 0 saturated carbocycles. The molecular weight excluding hydrogens is 211 g/mol. The minimum Gasteiger partial charge on any atom is -0.520 e. The highest BCUT2D eigenvalue weighted by Gasteiger charge is 2.28. The van der Waals surface area contributed by atoms with Crippen LogP contribution >= 0.6 is 0 Å². The molecule has 1 aliphatic rings. The van der Waals surface area contributed by atoms with E-state index in [2.05, 4.69) is 13.0 Å². The Balaban J connectivity index is 1.79. The highest BCUT2D eigenvalue weighted by atomic mass is 16.6. The molecule has 0 spiro atoms. The Bertz CT molecular complexity index is 387. The summed E-state index contributed by atoms with van der Waals surface area (Å²) < 4.78 is 11.2. The van der Waals surface area contributed by atoms with E-state index in [1.165, 1.54) is 12.8 Å². The predicted octanol–water partition coefficient (Wildman–Crippen LogP) is 3.79. The average Bonchev–Trinajstić information content (AvgIpc) is 2.76. The zero-order valence-corrected chi connectivity index (χ0v) is 10.1. The molecular formula is C14H17BO2. The fraction of sp³-hybridized carbons (Fsp3) is 0.286. The van der Waals surface area contributed by atoms with Crippen LogP contribution in [0.3, 0.4) is 0 Å². The summed E-state index contributed by atoms with van der Waals surface area (Å²) in [5, 5.41) is 0. The second-order valence-electron chi connectivity index (χ2n) is 4.01. The molecule has 0 N–H and O–H groups in total. The Kier molecular flexibility index (Phi) is 4.31. The third-order valence-electron chi connectivity index (χ3n) is 2.58. The minimum absolute atomic E-state index is 0.289. The van der Waals surface area contributed by atoms with E-state index < -0.39 is 0 Å². The van der Waals surface area contributed by atoms with Gasteiger partial charge in [-0.05, 0) is 24.5 Å². The van der Waals surface area contributed by atoms with Crippen LogP contribution in [0.15, 0.2) is 48.5 Å². The third kappa shape index (κ3) is 3.41. The molecule has 1 heterocycles. The number of hydrogen-bond acceptors (Lipinski definition) is 2. The van der Waals surface area contributed by atoms with Gasteiger partial charge in [0.25, 0.3) is 0 Å². The van der Waals surface area contributed by atoms with Gasteiger partial charge in [0.05, 0.1) is 0 Å². The highest BCUT2D eigenvalue weighted by molar-refractivity contribution is 6.53. The van der Waals surface area contributed by atoms with Crippen LogP contribution in [0.2, 0.25) is 0 Å². The van der Waals surface area contributed by atoms with E-state index in [1.54, 1.807) is 0 Å². The second kappa shape index (κ2) is 6.19. The number of unbranched alkanes of at least 4 members (excludes halogenated alkanes) is 2. The van der Waals surface area contributed by atoms with Gasteiger partial charge >= 0.3 is 7.12 Å². The molecule has 2 nitrogen and oxygen atoms in total. The molecule has 1 aliphatic heterocycles. The van der Waals surface area contributed by atoms with Gasteiger partial charge in [-0.15, -0.1) is 0 Å². The summed E-state index contributed by atoms with van der Waals surface area (Å²) in [6.07, 6.45) is 9.80. The fourth-order valence-corrected chi connectivity index (χ4v) is 1.65. The lowest BCUT2D eigenvalue weighted by molar-refractivity contribution is 0.517. The van der Waals surface area contributed by atoms with Crippen molar-refractivity contribution >= 4 is 7.12 Å². The van der Waals surface area contributed by atoms with Crippen LogP contribution in [-0.4, -0.2) is 7.12 Å². The molecule has 3 heteroatoms. The van der Waals surface area contributed by atoms with E-state index in [0.717, 1.165) is 17.9 Å². The maximum absolute atomic E-state index is 5.59. The lowest BCUT2D eigenvalue weighted by atomic mass is 9.90. The smallest absolute Gasteiger partial charge is 0.520 e. The summed E-state index contributed by atoms with van der Waals surface area (Å²) in [4.78, 5) is 0. The summed E-state index contributed by atoms with van der Waals surface area (Å²) in [6.45, 7) is 2.20. The second-order valence-corrected chi connectivity index (χ2v) is 4.01. The van der Waals surface area contributed by atoms with Gasteiger partial charge in [0, 0.05) is 0 Å². The Morgan fingerprint density at radius 2 is 1.82 bits per heavy atom. The van der Waals surface area contributed by atoms with Crippen molar-refractivity contribution in [1.82, 2.24) is 0 Å². The molecule has 0 saturated heterocycles. The van der Waals surface area contributed by atoms with Gasteiger partial charge in [0.15, 0.2) is 0 Å². The quantitative estimate of drug-likeness (QED) is 0.433. The lowest BCUT2D eigenvalue weighted by Gasteiger charge is -1.96. The first-order chi connectivity index (χ1) is 8.40. The van der Waals surface area contributed by atoms with Crippen LogP contribution < -0.4 is 9.31 Å². The van der Waals surface area contributed by atoms with Crippen molar-refractivity contribution in [2.75, 3.05) is 0 Å². The Morgan fingerprint density at radius 1 is 1.12 bits per heavy atom. The first-order valence-corrected chi connectivity index (χ1v) is 6.16. The van der Waals surface area contributed by atoms with E-state index in [4.69, 9.17) is 9.31 Å². The SMILES string of the molecule is CCCC/C=C/C=C/B1Oc2ccccc2O1. The molecule has 0 bridgehead atoms. The molecule has 0 atom stereocenters. The molecule has 2 rings (SSSR count). The van der Waals surface area contributed by atoms with Gasteiger partial charge in [-0.3, -0.25) is 0 Å². The van der Waals surface area contributed by atoms with Crippen LogP contribution in [0.1, 0.15) is 26.2 Å². The molecule has 0 amide bonds. The normalized spacial score (nSPS) is 14.1.